The second-order valence-corrected chi connectivity index (χ2v) is 9.03. The summed E-state index contributed by atoms with van der Waals surface area (Å²) in [7, 11) is -3.74. The number of hydrogen-bond acceptors (Lipinski definition) is 3. The summed E-state index contributed by atoms with van der Waals surface area (Å²) in [5, 5.41) is 0. The maximum atomic E-state index is 13.1. The molecular weight excluding hydrogens is 387 g/mol. The number of halogens is 1. The molecule has 1 heterocycles. The van der Waals surface area contributed by atoms with Crippen LogP contribution in [0.4, 0.5) is 10.1 Å². The molecule has 6 heteroatoms. The van der Waals surface area contributed by atoms with E-state index in [4.69, 9.17) is 0 Å². The number of fused-ring (bicyclic) bond motifs is 1. The molecule has 1 unspecified atom stereocenters. The highest BCUT2D eigenvalue weighted by Crippen LogP contribution is 2.29. The lowest BCUT2D eigenvalue weighted by atomic mass is 9.97. The Labute approximate surface area is 171 Å². The van der Waals surface area contributed by atoms with Gasteiger partial charge >= 0.3 is 0 Å². The lowest BCUT2D eigenvalue weighted by Gasteiger charge is -2.34. The van der Waals surface area contributed by atoms with E-state index in [1.807, 2.05) is 24.3 Å². The van der Waals surface area contributed by atoms with E-state index in [-0.39, 0.29) is 10.9 Å². The van der Waals surface area contributed by atoms with Gasteiger partial charge in [-0.05, 0) is 66.4 Å². The van der Waals surface area contributed by atoms with Gasteiger partial charge in [0.25, 0.3) is 10.0 Å². The molecule has 0 saturated heterocycles. The van der Waals surface area contributed by atoms with Crippen molar-refractivity contribution in [1.82, 2.24) is 4.90 Å². The van der Waals surface area contributed by atoms with Crippen LogP contribution in [0.25, 0.3) is 0 Å². The maximum absolute atomic E-state index is 13.1. The van der Waals surface area contributed by atoms with Crippen molar-refractivity contribution in [2.24, 2.45) is 0 Å². The van der Waals surface area contributed by atoms with Crippen molar-refractivity contribution in [3.05, 3.63) is 95.3 Å². The van der Waals surface area contributed by atoms with Gasteiger partial charge in [-0.25, -0.2) is 12.8 Å². The monoisotopic (exact) mass is 410 g/mol. The third-order valence-corrected chi connectivity index (χ3v) is 6.83. The van der Waals surface area contributed by atoms with Gasteiger partial charge in [0.2, 0.25) is 0 Å². The molecule has 1 atom stereocenters. The summed E-state index contributed by atoms with van der Waals surface area (Å²) in [6.45, 7) is 3.81. The summed E-state index contributed by atoms with van der Waals surface area (Å²) < 4.78 is 41.2. The highest BCUT2D eigenvalue weighted by molar-refractivity contribution is 7.92. The molecule has 1 N–H and O–H groups in total. The van der Waals surface area contributed by atoms with Crippen molar-refractivity contribution in [3.8, 4) is 0 Å². The van der Waals surface area contributed by atoms with Gasteiger partial charge in [-0.2, -0.15) is 0 Å². The lowest BCUT2D eigenvalue weighted by Crippen LogP contribution is -2.33. The Kier molecular flexibility index (Phi) is 5.39. The summed E-state index contributed by atoms with van der Waals surface area (Å²) in [6.07, 6.45) is 0.887. The molecule has 4 nitrogen and oxygen atoms in total. The fourth-order valence-electron chi connectivity index (χ4n) is 3.73. The fraction of sp³-hybridized carbons (Fsp3) is 0.217. The molecule has 0 radical (unpaired) electrons. The molecule has 0 amide bonds. The van der Waals surface area contributed by atoms with Gasteiger partial charge in [0.15, 0.2) is 0 Å². The first-order chi connectivity index (χ1) is 13.9. The van der Waals surface area contributed by atoms with E-state index in [2.05, 4.69) is 28.7 Å². The van der Waals surface area contributed by atoms with Crippen LogP contribution in [0.15, 0.2) is 77.7 Å². The highest BCUT2D eigenvalue weighted by atomic mass is 32.2. The molecule has 0 aromatic heterocycles. The first-order valence-electron chi connectivity index (χ1n) is 9.61. The Balaban J connectivity index is 1.56. The zero-order chi connectivity index (χ0) is 20.4. The van der Waals surface area contributed by atoms with E-state index in [1.54, 1.807) is 12.1 Å². The average Bonchev–Trinajstić information content (AvgIpc) is 2.74. The van der Waals surface area contributed by atoms with Gasteiger partial charge in [0.1, 0.15) is 5.82 Å². The molecule has 3 aromatic rings. The largest absolute Gasteiger partial charge is 0.292 e. The van der Waals surface area contributed by atoms with Gasteiger partial charge < -0.3 is 0 Å². The second-order valence-electron chi connectivity index (χ2n) is 7.35. The Bertz CT molecular complexity index is 1100. The van der Waals surface area contributed by atoms with E-state index in [0.717, 1.165) is 18.5 Å². The zero-order valence-electron chi connectivity index (χ0n) is 16.2. The zero-order valence-corrected chi connectivity index (χ0v) is 17.0. The molecule has 1 aliphatic rings. The predicted molar refractivity (Wildman–Crippen MR) is 113 cm³/mol. The molecule has 0 fully saturated rings. The van der Waals surface area contributed by atoms with Crippen LogP contribution in [0.2, 0.25) is 0 Å². The molecule has 0 aliphatic carbocycles. The van der Waals surface area contributed by atoms with Crippen LogP contribution in [0.3, 0.4) is 0 Å². The SMILES string of the molecule is CC(c1ccccc1)N1CCc2ccc(S(=O)(=O)Nc3ccc(F)cc3)cc2C1. The minimum atomic E-state index is -3.74. The van der Waals surface area contributed by atoms with Crippen molar-refractivity contribution in [2.75, 3.05) is 11.3 Å². The van der Waals surface area contributed by atoms with E-state index >= 15 is 0 Å². The third-order valence-electron chi connectivity index (χ3n) is 5.46. The van der Waals surface area contributed by atoms with Gasteiger partial charge in [0, 0.05) is 24.8 Å². The molecule has 0 bridgehead atoms. The molecule has 4 rings (SSSR count). The average molecular weight is 411 g/mol. The lowest BCUT2D eigenvalue weighted by molar-refractivity contribution is 0.192. The van der Waals surface area contributed by atoms with Crippen LogP contribution < -0.4 is 4.72 Å². The third kappa shape index (κ3) is 4.33. The minimum Gasteiger partial charge on any atom is -0.292 e. The van der Waals surface area contributed by atoms with Crippen LogP contribution in [-0.4, -0.2) is 19.9 Å². The number of sulfonamides is 1. The van der Waals surface area contributed by atoms with Gasteiger partial charge in [0.05, 0.1) is 4.90 Å². The second kappa shape index (κ2) is 7.97. The molecule has 0 spiro atoms. The van der Waals surface area contributed by atoms with E-state index in [1.165, 1.54) is 35.4 Å². The Morgan fingerprint density at radius 2 is 1.69 bits per heavy atom. The van der Waals surface area contributed by atoms with Crippen molar-refractivity contribution < 1.29 is 12.8 Å². The summed E-state index contributed by atoms with van der Waals surface area (Å²) >= 11 is 0. The Morgan fingerprint density at radius 3 is 2.41 bits per heavy atom. The Morgan fingerprint density at radius 1 is 0.966 bits per heavy atom. The van der Waals surface area contributed by atoms with Gasteiger partial charge in [-0.1, -0.05) is 36.4 Å². The van der Waals surface area contributed by atoms with Crippen molar-refractivity contribution in [2.45, 2.75) is 30.8 Å². The molecule has 1 aliphatic heterocycles. The van der Waals surface area contributed by atoms with Gasteiger partial charge in [-0.3, -0.25) is 9.62 Å². The smallest absolute Gasteiger partial charge is 0.261 e. The summed E-state index contributed by atoms with van der Waals surface area (Å²) in [4.78, 5) is 2.58. The number of benzene rings is 3. The Hall–Kier alpha value is -2.70. The number of nitrogens with one attached hydrogen (secondary N) is 1. The van der Waals surface area contributed by atoms with Crippen LogP contribution in [0.5, 0.6) is 0 Å². The molecular formula is C23H23FN2O2S. The van der Waals surface area contributed by atoms with Crippen molar-refractivity contribution in [3.63, 3.8) is 0 Å². The van der Waals surface area contributed by atoms with Crippen LogP contribution >= 0.6 is 0 Å². The normalized spacial score (nSPS) is 15.5. The van der Waals surface area contributed by atoms with Crippen molar-refractivity contribution in [1.29, 1.82) is 0 Å². The first-order valence-corrected chi connectivity index (χ1v) is 11.1. The van der Waals surface area contributed by atoms with E-state index in [9.17, 15) is 12.8 Å². The minimum absolute atomic E-state index is 0.217. The number of hydrogen-bond donors (Lipinski definition) is 1. The molecule has 3 aromatic carbocycles. The fourth-order valence-corrected chi connectivity index (χ4v) is 4.84. The van der Waals surface area contributed by atoms with E-state index < -0.39 is 15.8 Å². The number of anilines is 1. The topological polar surface area (TPSA) is 49.4 Å². The maximum Gasteiger partial charge on any atom is 0.261 e. The summed E-state index contributed by atoms with van der Waals surface area (Å²) in [6, 6.07) is 21.1. The highest BCUT2D eigenvalue weighted by Gasteiger charge is 2.24. The van der Waals surface area contributed by atoms with Crippen LogP contribution in [-0.2, 0) is 23.0 Å². The predicted octanol–water partition coefficient (Wildman–Crippen LogP) is 4.75. The quantitative estimate of drug-likeness (QED) is 0.661. The molecule has 0 saturated carbocycles. The first kappa shape index (κ1) is 19.6. The molecule has 150 valence electrons. The van der Waals surface area contributed by atoms with Crippen molar-refractivity contribution >= 4 is 15.7 Å². The number of rotatable bonds is 5. The van der Waals surface area contributed by atoms with Gasteiger partial charge in [-0.15, -0.1) is 0 Å². The van der Waals surface area contributed by atoms with Crippen LogP contribution in [0.1, 0.15) is 29.7 Å². The van der Waals surface area contributed by atoms with Crippen LogP contribution in [0, 0.1) is 5.82 Å². The van der Waals surface area contributed by atoms with E-state index in [0.29, 0.717) is 12.2 Å². The molecule has 29 heavy (non-hydrogen) atoms. The standard InChI is InChI=1S/C23H23FN2O2S/c1-17(18-5-3-2-4-6-18)26-14-13-19-7-12-23(15-20(19)16-26)29(27,28)25-22-10-8-21(24)9-11-22/h2-12,15,17,25H,13-14,16H2,1H3. The summed E-state index contributed by atoms with van der Waals surface area (Å²) in [5.74, 6) is -0.408. The summed E-state index contributed by atoms with van der Waals surface area (Å²) in [5.41, 5.74) is 3.80. The number of nitrogens with zero attached hydrogens (tertiary/aromatic N) is 1.